The number of nitrogens with zero attached hydrogens (tertiary/aromatic N) is 1. The molecule has 5 heteroatoms. The third kappa shape index (κ3) is 5.82. The summed E-state index contributed by atoms with van der Waals surface area (Å²) in [4.78, 5) is 4.60. The zero-order chi connectivity index (χ0) is 25.0. The van der Waals surface area contributed by atoms with Gasteiger partial charge in [-0.1, -0.05) is 124 Å². The van der Waals surface area contributed by atoms with Crippen molar-refractivity contribution in [1.82, 2.24) is 4.98 Å². The van der Waals surface area contributed by atoms with Crippen molar-refractivity contribution in [1.29, 1.82) is 0 Å². The fraction of sp³-hybridized carbons (Fsp3) is 0.0690. The maximum atomic E-state index is 14.4. The quantitative estimate of drug-likeness (QED) is 0.120. The van der Waals surface area contributed by atoms with Crippen molar-refractivity contribution < 1.29 is 4.57 Å². The molecule has 0 radical (unpaired) electrons. The van der Waals surface area contributed by atoms with Crippen LogP contribution in [0.3, 0.4) is 0 Å². The number of fused-ring (bicyclic) bond motifs is 1. The van der Waals surface area contributed by atoms with Crippen molar-refractivity contribution in [2.45, 2.75) is 13.8 Å². The topological polar surface area (TPSA) is 30.0 Å². The average molecular weight is 504 g/mol. The van der Waals surface area contributed by atoms with Crippen molar-refractivity contribution in [2.24, 2.45) is 0 Å². The molecule has 1 heterocycles. The molecular weight excluding hydrogens is 473 g/mol. The number of rotatable bonds is 6. The van der Waals surface area contributed by atoms with E-state index in [-0.39, 0.29) is 0 Å². The third-order valence-electron chi connectivity index (χ3n) is 5.16. The summed E-state index contributed by atoms with van der Waals surface area (Å²) in [6.45, 7) is 11.7. The van der Waals surface area contributed by atoms with E-state index in [1.807, 2.05) is 92.8 Å². The van der Waals surface area contributed by atoms with E-state index in [1.165, 1.54) is 0 Å². The Balaban J connectivity index is 0.000000970. The molecule has 34 heavy (non-hydrogen) atoms. The standard InChI is InChI=1S/C27H22NOP.C2H6.H2S2/c1-3-10-23(4-2)30(29,24-12-6-5-7-13-24)25-17-15-22(16-18-25)27-26-14-9-8-11-21(26)19-20-28-27;2*1-2/h3-20H,1-2H2;1-2H3;1-2H/b23-10+;;. The van der Waals surface area contributed by atoms with Crippen LogP contribution in [0.1, 0.15) is 13.8 Å². The Bertz CT molecular complexity index is 1290. The maximum Gasteiger partial charge on any atom is 0.170 e. The Morgan fingerprint density at radius 3 is 2.03 bits per heavy atom. The van der Waals surface area contributed by atoms with E-state index in [9.17, 15) is 4.57 Å². The molecular formula is C29H30NOPS2. The minimum Gasteiger partial charge on any atom is -0.309 e. The lowest BCUT2D eigenvalue weighted by atomic mass is 10.0. The summed E-state index contributed by atoms with van der Waals surface area (Å²) >= 11 is 6.44. The Kier molecular flexibility index (Phi) is 11.2. The van der Waals surface area contributed by atoms with Crippen LogP contribution >= 0.6 is 30.5 Å². The largest absolute Gasteiger partial charge is 0.309 e. The summed E-state index contributed by atoms with van der Waals surface area (Å²) in [5.41, 5.74) is 1.91. The summed E-state index contributed by atoms with van der Waals surface area (Å²) in [6.07, 6.45) is 6.92. The van der Waals surface area contributed by atoms with Gasteiger partial charge in [0.2, 0.25) is 0 Å². The predicted octanol–water partition coefficient (Wildman–Crippen LogP) is 8.26. The van der Waals surface area contributed by atoms with Crippen molar-refractivity contribution in [3.63, 3.8) is 0 Å². The van der Waals surface area contributed by atoms with Gasteiger partial charge in [0, 0.05) is 33.1 Å². The molecule has 0 amide bonds. The molecule has 1 aromatic heterocycles. The molecule has 0 bridgehead atoms. The first-order valence-electron chi connectivity index (χ1n) is 10.9. The summed E-state index contributed by atoms with van der Waals surface area (Å²) in [5.74, 6) is 0. The predicted molar refractivity (Wildman–Crippen MR) is 158 cm³/mol. The fourth-order valence-electron chi connectivity index (χ4n) is 3.69. The molecule has 4 aromatic rings. The minimum absolute atomic E-state index is 0.666. The second kappa shape index (κ2) is 13.8. The minimum atomic E-state index is -3.06. The summed E-state index contributed by atoms with van der Waals surface area (Å²) in [5, 5.41) is 4.43. The van der Waals surface area contributed by atoms with Crippen LogP contribution in [0.25, 0.3) is 22.0 Å². The first-order valence-corrected chi connectivity index (χ1v) is 14.3. The molecule has 174 valence electrons. The zero-order valence-corrected chi connectivity index (χ0v) is 22.2. The van der Waals surface area contributed by atoms with Gasteiger partial charge >= 0.3 is 0 Å². The van der Waals surface area contributed by atoms with E-state index in [2.05, 4.69) is 53.6 Å². The summed E-state index contributed by atoms with van der Waals surface area (Å²) < 4.78 is 14.4. The second-order valence-corrected chi connectivity index (χ2v) is 9.67. The molecule has 0 N–H and O–H groups in total. The highest BCUT2D eigenvalue weighted by Gasteiger charge is 2.30. The normalized spacial score (nSPS) is 12.3. The van der Waals surface area contributed by atoms with Gasteiger partial charge in [0.05, 0.1) is 5.69 Å². The fourth-order valence-corrected chi connectivity index (χ4v) is 6.31. The third-order valence-corrected chi connectivity index (χ3v) is 8.27. The van der Waals surface area contributed by atoms with Gasteiger partial charge in [0.15, 0.2) is 7.14 Å². The second-order valence-electron chi connectivity index (χ2n) is 6.90. The summed E-state index contributed by atoms with van der Waals surface area (Å²) in [6, 6.07) is 27.6. The van der Waals surface area contributed by atoms with E-state index in [4.69, 9.17) is 0 Å². The van der Waals surface area contributed by atoms with E-state index in [0.717, 1.165) is 32.6 Å². The number of benzene rings is 3. The smallest absolute Gasteiger partial charge is 0.170 e. The zero-order valence-electron chi connectivity index (χ0n) is 19.5. The molecule has 1 unspecified atom stereocenters. The van der Waals surface area contributed by atoms with Gasteiger partial charge in [0.25, 0.3) is 0 Å². The van der Waals surface area contributed by atoms with Crippen LogP contribution in [0.5, 0.6) is 0 Å². The van der Waals surface area contributed by atoms with Crippen molar-refractivity contribution >= 4 is 51.8 Å². The van der Waals surface area contributed by atoms with Gasteiger partial charge in [-0.15, -0.1) is 23.3 Å². The van der Waals surface area contributed by atoms with E-state index in [1.54, 1.807) is 18.2 Å². The molecule has 0 spiro atoms. The van der Waals surface area contributed by atoms with E-state index in [0.29, 0.717) is 5.31 Å². The highest BCUT2D eigenvalue weighted by Crippen LogP contribution is 2.52. The van der Waals surface area contributed by atoms with Gasteiger partial charge in [-0.3, -0.25) is 4.98 Å². The average Bonchev–Trinajstić information content (AvgIpc) is 2.94. The van der Waals surface area contributed by atoms with E-state index >= 15 is 0 Å². The molecule has 0 aliphatic rings. The van der Waals surface area contributed by atoms with Crippen LogP contribution in [0.2, 0.25) is 0 Å². The molecule has 0 aliphatic heterocycles. The first-order chi connectivity index (χ1) is 16.7. The van der Waals surface area contributed by atoms with Crippen LogP contribution in [-0.2, 0) is 4.57 Å². The van der Waals surface area contributed by atoms with Crippen LogP contribution < -0.4 is 10.6 Å². The van der Waals surface area contributed by atoms with Crippen LogP contribution in [0.15, 0.2) is 128 Å². The Hall–Kier alpha value is -2.78. The molecule has 1 atom stereocenters. The van der Waals surface area contributed by atoms with E-state index < -0.39 is 7.14 Å². The SMILES string of the molecule is C=C/C=C(\C=C)P(=O)(c1ccccc1)c1ccc(-c2nccc3ccccc23)cc1.CC.SS. The van der Waals surface area contributed by atoms with Crippen molar-refractivity contribution in [3.05, 3.63) is 128 Å². The molecule has 0 aliphatic carbocycles. The molecule has 0 saturated carbocycles. The first kappa shape index (κ1) is 27.5. The lowest BCUT2D eigenvalue weighted by Gasteiger charge is -2.21. The van der Waals surface area contributed by atoms with Gasteiger partial charge in [0.1, 0.15) is 0 Å². The van der Waals surface area contributed by atoms with Crippen LogP contribution in [0, 0.1) is 0 Å². The highest BCUT2D eigenvalue weighted by molar-refractivity contribution is 8.59. The summed E-state index contributed by atoms with van der Waals surface area (Å²) in [7, 11) is -3.06. The van der Waals surface area contributed by atoms with Crippen LogP contribution in [0.4, 0.5) is 0 Å². The van der Waals surface area contributed by atoms with Crippen molar-refractivity contribution in [3.8, 4) is 11.3 Å². The van der Waals surface area contributed by atoms with Crippen molar-refractivity contribution in [2.75, 3.05) is 0 Å². The molecule has 0 saturated heterocycles. The highest BCUT2D eigenvalue weighted by atomic mass is 33.1. The van der Waals surface area contributed by atoms with Crippen LogP contribution in [-0.4, -0.2) is 4.98 Å². The Labute approximate surface area is 213 Å². The number of hydrogen-bond donors (Lipinski definition) is 2. The lowest BCUT2D eigenvalue weighted by molar-refractivity contribution is 0.591. The molecule has 0 fully saturated rings. The van der Waals surface area contributed by atoms with Gasteiger partial charge in [-0.05, 0) is 11.5 Å². The van der Waals surface area contributed by atoms with Gasteiger partial charge in [-0.2, -0.15) is 0 Å². The number of allylic oxidation sites excluding steroid dienone is 4. The molecule has 4 rings (SSSR count). The molecule has 3 aromatic carbocycles. The monoisotopic (exact) mass is 503 g/mol. The van der Waals surface area contributed by atoms with Gasteiger partial charge in [-0.25, -0.2) is 0 Å². The number of pyridine rings is 1. The van der Waals surface area contributed by atoms with Gasteiger partial charge < -0.3 is 4.57 Å². The number of hydrogen-bond acceptors (Lipinski definition) is 4. The lowest BCUT2D eigenvalue weighted by Crippen LogP contribution is -2.17. The maximum absolute atomic E-state index is 14.4. The number of thiol groups is 2. The Morgan fingerprint density at radius 1 is 0.824 bits per heavy atom. The molecule has 2 nitrogen and oxygen atoms in total. The number of aromatic nitrogens is 1. The Morgan fingerprint density at radius 2 is 1.41 bits per heavy atom.